The second-order valence-electron chi connectivity index (χ2n) is 4.80. The minimum atomic E-state index is 0.0620. The van der Waals surface area contributed by atoms with Crippen LogP contribution in [0.25, 0.3) is 0 Å². The maximum atomic E-state index is 12.5. The Labute approximate surface area is 114 Å². The first-order valence-electron chi connectivity index (χ1n) is 6.41. The first kappa shape index (κ1) is 13.3. The second-order valence-corrected chi connectivity index (χ2v) is 4.80. The highest BCUT2D eigenvalue weighted by atomic mass is 16.5. The van der Waals surface area contributed by atoms with Crippen LogP contribution in [0, 0.1) is 0 Å². The molecule has 0 saturated carbocycles. The van der Waals surface area contributed by atoms with Gasteiger partial charge in [0.15, 0.2) is 5.78 Å². The number of hydrogen-bond donors (Lipinski definition) is 0. The smallest absolute Gasteiger partial charge is 0.193 e. The average molecular weight is 254 g/mol. The Hall–Kier alpha value is -2.09. The van der Waals surface area contributed by atoms with Gasteiger partial charge in [-0.3, -0.25) is 4.79 Å². The van der Waals surface area contributed by atoms with Crippen LogP contribution in [-0.4, -0.2) is 12.9 Å². The molecule has 0 heterocycles. The van der Waals surface area contributed by atoms with Crippen LogP contribution >= 0.6 is 0 Å². The van der Waals surface area contributed by atoms with Crippen molar-refractivity contribution in [1.82, 2.24) is 0 Å². The number of rotatable bonds is 4. The summed E-state index contributed by atoms with van der Waals surface area (Å²) in [6.07, 6.45) is 0. The third kappa shape index (κ3) is 2.84. The van der Waals surface area contributed by atoms with Gasteiger partial charge in [-0.05, 0) is 35.7 Å². The molecule has 19 heavy (non-hydrogen) atoms. The fraction of sp³-hybridized carbons (Fsp3) is 0.235. The highest BCUT2D eigenvalue weighted by Crippen LogP contribution is 2.22. The van der Waals surface area contributed by atoms with E-state index in [2.05, 4.69) is 13.8 Å². The molecule has 0 aromatic heterocycles. The van der Waals surface area contributed by atoms with E-state index in [-0.39, 0.29) is 5.78 Å². The molecule has 0 saturated heterocycles. The summed E-state index contributed by atoms with van der Waals surface area (Å²) in [7, 11) is 1.62. The van der Waals surface area contributed by atoms with Crippen molar-refractivity contribution in [2.75, 3.05) is 7.11 Å². The van der Waals surface area contributed by atoms with Crippen molar-refractivity contribution >= 4 is 5.78 Å². The van der Waals surface area contributed by atoms with Gasteiger partial charge in [0.25, 0.3) is 0 Å². The molecular weight excluding hydrogens is 236 g/mol. The minimum Gasteiger partial charge on any atom is -0.497 e. The average Bonchev–Trinajstić information content (AvgIpc) is 2.46. The van der Waals surface area contributed by atoms with E-state index in [0.717, 1.165) is 16.9 Å². The van der Waals surface area contributed by atoms with Crippen molar-refractivity contribution in [1.29, 1.82) is 0 Å². The van der Waals surface area contributed by atoms with Crippen LogP contribution in [0.5, 0.6) is 5.75 Å². The Morgan fingerprint density at radius 3 is 2.21 bits per heavy atom. The molecule has 2 heteroatoms. The topological polar surface area (TPSA) is 26.3 Å². The van der Waals surface area contributed by atoms with E-state index >= 15 is 0 Å². The number of ketones is 1. The quantitative estimate of drug-likeness (QED) is 0.769. The summed E-state index contributed by atoms with van der Waals surface area (Å²) in [5.74, 6) is 1.15. The molecule has 0 radical (unpaired) electrons. The fourth-order valence-electron chi connectivity index (χ4n) is 2.11. The zero-order valence-corrected chi connectivity index (χ0v) is 11.5. The van der Waals surface area contributed by atoms with Gasteiger partial charge in [-0.2, -0.15) is 0 Å². The summed E-state index contributed by atoms with van der Waals surface area (Å²) in [5.41, 5.74) is 2.56. The van der Waals surface area contributed by atoms with E-state index in [9.17, 15) is 4.79 Å². The lowest BCUT2D eigenvalue weighted by Gasteiger charge is -2.11. The third-order valence-corrected chi connectivity index (χ3v) is 3.18. The van der Waals surface area contributed by atoms with Crippen LogP contribution in [-0.2, 0) is 0 Å². The largest absolute Gasteiger partial charge is 0.497 e. The van der Waals surface area contributed by atoms with E-state index in [0.29, 0.717) is 11.5 Å². The predicted octanol–water partition coefficient (Wildman–Crippen LogP) is 4.05. The van der Waals surface area contributed by atoms with Gasteiger partial charge in [-0.1, -0.05) is 38.1 Å². The van der Waals surface area contributed by atoms with Crippen molar-refractivity contribution in [2.45, 2.75) is 19.8 Å². The monoisotopic (exact) mass is 254 g/mol. The first-order valence-corrected chi connectivity index (χ1v) is 6.41. The molecule has 0 aliphatic heterocycles. The maximum absolute atomic E-state index is 12.5. The zero-order chi connectivity index (χ0) is 13.8. The molecule has 0 fully saturated rings. The van der Waals surface area contributed by atoms with Crippen molar-refractivity contribution in [3.05, 3.63) is 65.2 Å². The van der Waals surface area contributed by atoms with Crippen LogP contribution in [0.3, 0.4) is 0 Å². The SMILES string of the molecule is COc1ccc(C(=O)c2ccccc2C(C)C)cc1. The van der Waals surface area contributed by atoms with Crippen LogP contribution in [0.1, 0.15) is 41.3 Å². The van der Waals surface area contributed by atoms with Crippen molar-refractivity contribution in [3.8, 4) is 5.75 Å². The number of carbonyl (C=O) groups excluding carboxylic acids is 1. The molecule has 98 valence electrons. The molecule has 2 rings (SSSR count). The van der Waals surface area contributed by atoms with Gasteiger partial charge >= 0.3 is 0 Å². The summed E-state index contributed by atoms with van der Waals surface area (Å²) >= 11 is 0. The normalized spacial score (nSPS) is 10.5. The van der Waals surface area contributed by atoms with Gasteiger partial charge in [0.2, 0.25) is 0 Å². The molecule has 2 aromatic rings. The van der Waals surface area contributed by atoms with E-state index in [1.54, 1.807) is 19.2 Å². The highest BCUT2D eigenvalue weighted by Gasteiger charge is 2.14. The number of hydrogen-bond acceptors (Lipinski definition) is 2. The first-order chi connectivity index (χ1) is 9.13. The Balaban J connectivity index is 2.38. The third-order valence-electron chi connectivity index (χ3n) is 3.18. The highest BCUT2D eigenvalue weighted by molar-refractivity contribution is 6.10. The summed E-state index contributed by atoms with van der Waals surface area (Å²) < 4.78 is 5.11. The molecule has 0 bridgehead atoms. The van der Waals surface area contributed by atoms with Crippen molar-refractivity contribution in [3.63, 3.8) is 0 Å². The Morgan fingerprint density at radius 2 is 1.63 bits per heavy atom. The Morgan fingerprint density at radius 1 is 1.00 bits per heavy atom. The van der Waals surface area contributed by atoms with Gasteiger partial charge in [0, 0.05) is 11.1 Å². The molecule has 0 aliphatic rings. The molecule has 0 unspecified atom stereocenters. The van der Waals surface area contributed by atoms with Gasteiger partial charge in [-0.25, -0.2) is 0 Å². The van der Waals surface area contributed by atoms with Gasteiger partial charge in [0.05, 0.1) is 7.11 Å². The summed E-state index contributed by atoms with van der Waals surface area (Å²) in [4.78, 5) is 12.5. The Bertz CT molecular complexity index is 568. The van der Waals surface area contributed by atoms with Gasteiger partial charge in [0.1, 0.15) is 5.75 Å². The minimum absolute atomic E-state index is 0.0620. The lowest BCUT2D eigenvalue weighted by molar-refractivity contribution is 0.103. The van der Waals surface area contributed by atoms with Gasteiger partial charge < -0.3 is 4.74 Å². The van der Waals surface area contributed by atoms with Crippen molar-refractivity contribution in [2.24, 2.45) is 0 Å². The lowest BCUT2D eigenvalue weighted by Crippen LogP contribution is -2.06. The summed E-state index contributed by atoms with van der Waals surface area (Å²) in [6, 6.07) is 15.0. The van der Waals surface area contributed by atoms with Crippen LogP contribution in [0.4, 0.5) is 0 Å². The molecule has 0 amide bonds. The molecule has 0 spiro atoms. The molecule has 0 aliphatic carbocycles. The van der Waals surface area contributed by atoms with E-state index in [4.69, 9.17) is 4.74 Å². The van der Waals surface area contributed by atoms with Crippen LogP contribution < -0.4 is 4.74 Å². The second kappa shape index (κ2) is 5.70. The maximum Gasteiger partial charge on any atom is 0.193 e. The zero-order valence-electron chi connectivity index (χ0n) is 11.5. The molecular formula is C17H18O2. The number of methoxy groups -OCH3 is 1. The van der Waals surface area contributed by atoms with Gasteiger partial charge in [-0.15, -0.1) is 0 Å². The number of ether oxygens (including phenoxy) is 1. The molecule has 0 N–H and O–H groups in total. The van der Waals surface area contributed by atoms with E-state index in [1.807, 2.05) is 36.4 Å². The number of carbonyl (C=O) groups is 1. The standard InChI is InChI=1S/C17H18O2/c1-12(2)15-6-4-5-7-16(15)17(18)13-8-10-14(19-3)11-9-13/h4-12H,1-3H3. The fourth-order valence-corrected chi connectivity index (χ4v) is 2.11. The predicted molar refractivity (Wildman–Crippen MR) is 77.0 cm³/mol. The summed E-state index contributed by atoms with van der Waals surface area (Å²) in [6.45, 7) is 4.19. The Kier molecular flexibility index (Phi) is 4.00. The molecule has 0 atom stereocenters. The molecule has 2 nitrogen and oxygen atoms in total. The van der Waals surface area contributed by atoms with Crippen LogP contribution in [0.15, 0.2) is 48.5 Å². The summed E-state index contributed by atoms with van der Waals surface area (Å²) in [5, 5.41) is 0. The lowest BCUT2D eigenvalue weighted by atomic mass is 9.92. The number of benzene rings is 2. The van der Waals surface area contributed by atoms with E-state index in [1.165, 1.54) is 0 Å². The van der Waals surface area contributed by atoms with Crippen molar-refractivity contribution < 1.29 is 9.53 Å². The van der Waals surface area contributed by atoms with E-state index < -0.39 is 0 Å². The molecule has 2 aromatic carbocycles. The van der Waals surface area contributed by atoms with Crippen LogP contribution in [0.2, 0.25) is 0 Å².